The van der Waals surface area contributed by atoms with Gasteiger partial charge in [0.15, 0.2) is 0 Å². The number of aromatic nitrogens is 1. The normalized spacial score (nSPS) is 13.1. The predicted molar refractivity (Wildman–Crippen MR) is 281 cm³/mol. The summed E-state index contributed by atoms with van der Waals surface area (Å²) in [5.74, 6) is 0.705. The van der Waals surface area contributed by atoms with Crippen LogP contribution in [0.5, 0.6) is 0 Å². The van der Waals surface area contributed by atoms with Crippen LogP contribution in [0.15, 0.2) is 237 Å². The Bertz CT molecular complexity index is 3410. The summed E-state index contributed by atoms with van der Waals surface area (Å²) in [6.45, 7) is 0. The maximum absolute atomic E-state index is 2.50. The third-order valence-corrected chi connectivity index (χ3v) is 14.0. The largest absolute Gasteiger partial charge is 0.310 e. The molecule has 0 atom stereocenters. The van der Waals surface area contributed by atoms with Crippen LogP contribution in [0.2, 0.25) is 0 Å². The molecule has 316 valence electrons. The van der Waals surface area contributed by atoms with Crippen molar-refractivity contribution in [2.45, 2.75) is 38.0 Å². The van der Waals surface area contributed by atoms with Crippen molar-refractivity contribution < 1.29 is 0 Å². The Labute approximate surface area is 387 Å². The van der Waals surface area contributed by atoms with Gasteiger partial charge in [0.25, 0.3) is 0 Å². The van der Waals surface area contributed by atoms with Crippen molar-refractivity contribution in [3.8, 4) is 50.2 Å². The topological polar surface area (TPSA) is 8.17 Å². The summed E-state index contributed by atoms with van der Waals surface area (Å²) >= 11 is 0. The van der Waals surface area contributed by atoms with Gasteiger partial charge < -0.3 is 9.47 Å². The fourth-order valence-electron chi connectivity index (χ4n) is 10.7. The van der Waals surface area contributed by atoms with Gasteiger partial charge in [0.1, 0.15) is 0 Å². The number of hydrogen-bond donors (Lipinski definition) is 0. The highest BCUT2D eigenvalue weighted by molar-refractivity contribution is 6.11. The molecule has 12 rings (SSSR count). The van der Waals surface area contributed by atoms with Crippen LogP contribution in [-0.2, 0) is 0 Å². The summed E-state index contributed by atoms with van der Waals surface area (Å²) in [6, 6.07) is 87.4. The lowest BCUT2D eigenvalue weighted by Crippen LogP contribution is -2.12. The number of benzene rings is 10. The summed E-state index contributed by atoms with van der Waals surface area (Å²) in [6.07, 6.45) is 6.72. The van der Waals surface area contributed by atoms with Gasteiger partial charge in [0, 0.05) is 33.4 Å². The van der Waals surface area contributed by atoms with Crippen LogP contribution in [0, 0.1) is 0 Å². The smallest absolute Gasteiger partial charge is 0.0561 e. The zero-order valence-corrected chi connectivity index (χ0v) is 37.0. The van der Waals surface area contributed by atoms with E-state index in [0.29, 0.717) is 5.92 Å². The van der Waals surface area contributed by atoms with Crippen molar-refractivity contribution in [2.24, 2.45) is 0 Å². The summed E-state index contributed by atoms with van der Waals surface area (Å²) in [7, 11) is 0. The first-order valence-electron chi connectivity index (χ1n) is 23.6. The van der Waals surface area contributed by atoms with E-state index in [1.807, 2.05) is 0 Å². The van der Waals surface area contributed by atoms with Gasteiger partial charge in [-0.2, -0.15) is 0 Å². The summed E-state index contributed by atoms with van der Waals surface area (Å²) in [4.78, 5) is 2.50. The van der Waals surface area contributed by atoms with Gasteiger partial charge in [-0.25, -0.2) is 0 Å². The average molecular weight is 847 g/mol. The highest BCUT2D eigenvalue weighted by atomic mass is 15.1. The van der Waals surface area contributed by atoms with Crippen LogP contribution < -0.4 is 4.90 Å². The molecule has 0 amide bonds. The van der Waals surface area contributed by atoms with Gasteiger partial charge in [-0.1, -0.05) is 201 Å². The van der Waals surface area contributed by atoms with Crippen molar-refractivity contribution in [2.75, 3.05) is 4.90 Å². The van der Waals surface area contributed by atoms with Crippen molar-refractivity contribution >= 4 is 49.6 Å². The van der Waals surface area contributed by atoms with Gasteiger partial charge in [-0.05, 0) is 129 Å². The van der Waals surface area contributed by atoms with Crippen LogP contribution in [0.25, 0.3) is 82.8 Å². The molecule has 1 aromatic heterocycles. The van der Waals surface area contributed by atoms with Gasteiger partial charge in [-0.15, -0.1) is 0 Å². The highest BCUT2D eigenvalue weighted by Gasteiger charge is 2.23. The monoisotopic (exact) mass is 846 g/mol. The molecule has 0 spiro atoms. The Hall–Kier alpha value is -7.94. The molecule has 1 fully saturated rings. The molecule has 0 unspecified atom stereocenters. The van der Waals surface area contributed by atoms with E-state index in [4.69, 9.17) is 0 Å². The maximum Gasteiger partial charge on any atom is 0.0561 e. The van der Waals surface area contributed by atoms with Crippen molar-refractivity contribution in [1.82, 2.24) is 4.57 Å². The molecular weight excluding hydrogens is 797 g/mol. The highest BCUT2D eigenvalue weighted by Crippen LogP contribution is 2.47. The minimum absolute atomic E-state index is 0.705. The number of anilines is 3. The molecule has 0 saturated heterocycles. The number of nitrogens with zero attached hydrogens (tertiary/aromatic N) is 2. The number of para-hydroxylation sites is 1. The van der Waals surface area contributed by atoms with Crippen LogP contribution in [0.4, 0.5) is 17.1 Å². The van der Waals surface area contributed by atoms with Crippen molar-refractivity contribution in [3.63, 3.8) is 0 Å². The molecular formula is C64H50N2. The second-order valence-electron chi connectivity index (χ2n) is 17.9. The number of hydrogen-bond acceptors (Lipinski definition) is 1. The van der Waals surface area contributed by atoms with Gasteiger partial charge in [0.2, 0.25) is 0 Å². The molecule has 0 radical (unpaired) electrons. The maximum atomic E-state index is 2.50. The molecule has 1 aliphatic rings. The summed E-state index contributed by atoms with van der Waals surface area (Å²) < 4.78 is 2.45. The second-order valence-corrected chi connectivity index (χ2v) is 17.9. The van der Waals surface area contributed by atoms with Crippen LogP contribution in [0.3, 0.4) is 0 Å². The van der Waals surface area contributed by atoms with Crippen molar-refractivity contribution in [1.29, 1.82) is 0 Å². The fraction of sp³-hybridized carbons (Fsp3) is 0.0938. The van der Waals surface area contributed by atoms with Gasteiger partial charge in [0.05, 0.1) is 16.7 Å². The minimum Gasteiger partial charge on any atom is -0.310 e. The first-order valence-corrected chi connectivity index (χ1v) is 23.6. The van der Waals surface area contributed by atoms with E-state index >= 15 is 0 Å². The summed E-state index contributed by atoms with van der Waals surface area (Å²) in [5, 5.41) is 4.89. The quantitative estimate of drug-likeness (QED) is 0.140. The molecule has 0 N–H and O–H groups in total. The van der Waals surface area contributed by atoms with E-state index in [9.17, 15) is 0 Å². The molecule has 11 aromatic rings. The lowest BCUT2D eigenvalue weighted by molar-refractivity contribution is 0.443. The Morgan fingerprint density at radius 3 is 1.56 bits per heavy atom. The molecule has 1 saturated carbocycles. The molecule has 1 aliphatic carbocycles. The van der Waals surface area contributed by atoms with E-state index < -0.39 is 0 Å². The number of rotatable bonds is 9. The molecule has 1 heterocycles. The molecule has 66 heavy (non-hydrogen) atoms. The van der Waals surface area contributed by atoms with E-state index in [1.165, 1.54) is 98.1 Å². The Morgan fingerprint density at radius 1 is 0.348 bits per heavy atom. The lowest BCUT2D eigenvalue weighted by Gasteiger charge is -2.30. The summed E-state index contributed by atoms with van der Waals surface area (Å²) in [5.41, 5.74) is 17.8. The molecule has 10 aromatic carbocycles. The molecule has 0 aliphatic heterocycles. The van der Waals surface area contributed by atoms with E-state index in [1.54, 1.807) is 0 Å². The van der Waals surface area contributed by atoms with Crippen LogP contribution in [0.1, 0.15) is 43.6 Å². The predicted octanol–water partition coefficient (Wildman–Crippen LogP) is 18.1. The SMILES string of the molecule is c1ccc(-c2cc(-c3ccccc3)cc(N(c3ccc4c5ccccc5n(-c5ccc(-c6ccc(C7CCCCC7)cc6)cc5)c4c3)c3ccc4ccccc4c3-c3ccccc3)c2)cc1. The van der Waals surface area contributed by atoms with Gasteiger partial charge >= 0.3 is 0 Å². The third kappa shape index (κ3) is 7.35. The third-order valence-electron chi connectivity index (χ3n) is 14.0. The standard InChI is InChI=1S/C64H50N2/c1-5-17-45(18-6-1)48-29-31-49(32-30-48)50-33-36-55(37-34-50)66-61-28-16-15-27-59(61)60-39-38-56(44-63(60)66)65(62-40-35-51-23-13-14-26-58(51)64(62)52-24-11-4-12-25-52)57-42-53(46-19-7-2-8-20-46)41-54(43-57)47-21-9-3-10-22-47/h2-4,7-16,19-45H,1,5-6,17-18H2. The van der Waals surface area contributed by atoms with Crippen molar-refractivity contribution in [3.05, 3.63) is 242 Å². The Balaban J connectivity index is 1.07. The van der Waals surface area contributed by atoms with Crippen LogP contribution in [-0.4, -0.2) is 4.57 Å². The van der Waals surface area contributed by atoms with E-state index in [-0.39, 0.29) is 0 Å². The van der Waals surface area contributed by atoms with E-state index in [2.05, 4.69) is 246 Å². The Morgan fingerprint density at radius 2 is 0.894 bits per heavy atom. The first kappa shape index (κ1) is 39.6. The Kier molecular flexibility index (Phi) is 10.3. The molecule has 0 bridgehead atoms. The molecule has 2 nitrogen and oxygen atoms in total. The minimum atomic E-state index is 0.705. The fourth-order valence-corrected chi connectivity index (χ4v) is 10.7. The van der Waals surface area contributed by atoms with Crippen LogP contribution >= 0.6 is 0 Å². The second kappa shape index (κ2) is 17.2. The number of fused-ring (bicyclic) bond motifs is 4. The van der Waals surface area contributed by atoms with Gasteiger partial charge in [-0.3, -0.25) is 0 Å². The van der Waals surface area contributed by atoms with E-state index in [0.717, 1.165) is 39.4 Å². The zero-order valence-electron chi connectivity index (χ0n) is 37.0. The first-order chi connectivity index (χ1) is 32.7. The zero-order chi connectivity index (χ0) is 43.8. The average Bonchev–Trinajstić information content (AvgIpc) is 3.73. The lowest BCUT2D eigenvalue weighted by atomic mass is 9.84. The molecule has 2 heteroatoms.